The number of nitrogens with one attached hydrogen (secondary N) is 2. The van der Waals surface area contributed by atoms with E-state index in [0.29, 0.717) is 12.3 Å². The van der Waals surface area contributed by atoms with Gasteiger partial charge in [-0.2, -0.15) is 0 Å². The normalized spacial score (nSPS) is 12.0. The van der Waals surface area contributed by atoms with Crippen molar-refractivity contribution in [3.8, 4) is 5.75 Å². The summed E-state index contributed by atoms with van der Waals surface area (Å²) in [7, 11) is 0. The molecule has 1 unspecified atom stereocenters. The minimum Gasteiger partial charge on any atom is -0.483 e. The Morgan fingerprint density at radius 1 is 1.38 bits per heavy atom. The van der Waals surface area contributed by atoms with Crippen LogP contribution in [-0.2, 0) is 11.3 Å². The Kier molecular flexibility index (Phi) is 7.75. The van der Waals surface area contributed by atoms with Gasteiger partial charge >= 0.3 is 0 Å². The van der Waals surface area contributed by atoms with E-state index in [1.165, 1.54) is 12.1 Å². The lowest BCUT2D eigenvalue weighted by Crippen LogP contribution is -2.35. The third kappa shape index (κ3) is 6.58. The van der Waals surface area contributed by atoms with E-state index >= 15 is 0 Å². The third-order valence-corrected chi connectivity index (χ3v) is 3.14. The highest BCUT2D eigenvalue weighted by atomic mass is 19.1. The number of benzene rings is 1. The molecule has 0 aliphatic heterocycles. The monoisotopic (exact) mass is 296 g/mol. The summed E-state index contributed by atoms with van der Waals surface area (Å²) >= 11 is 0. The van der Waals surface area contributed by atoms with Gasteiger partial charge in [-0.1, -0.05) is 13.8 Å². The maximum absolute atomic E-state index is 13.3. The summed E-state index contributed by atoms with van der Waals surface area (Å²) < 4.78 is 18.8. The molecule has 0 heterocycles. The van der Waals surface area contributed by atoms with Crippen LogP contribution < -0.4 is 15.4 Å². The molecule has 1 aromatic carbocycles. The number of carbonyl (C=O) groups excluding carboxylic acids is 1. The summed E-state index contributed by atoms with van der Waals surface area (Å²) in [5, 5.41) is 6.03. The molecule has 0 fully saturated rings. The topological polar surface area (TPSA) is 50.4 Å². The maximum Gasteiger partial charge on any atom is 0.258 e. The second-order valence-electron chi connectivity index (χ2n) is 5.09. The van der Waals surface area contributed by atoms with Crippen molar-refractivity contribution in [2.75, 3.05) is 13.2 Å². The Morgan fingerprint density at radius 2 is 2.14 bits per heavy atom. The predicted molar refractivity (Wildman–Crippen MR) is 81.8 cm³/mol. The first-order valence-electron chi connectivity index (χ1n) is 7.48. The summed E-state index contributed by atoms with van der Waals surface area (Å²) in [6, 6.07) is 4.46. The summed E-state index contributed by atoms with van der Waals surface area (Å²) in [6.07, 6.45) is 1.87. The molecule has 4 nitrogen and oxygen atoms in total. The fourth-order valence-corrected chi connectivity index (χ4v) is 1.79. The second kappa shape index (κ2) is 9.34. The van der Waals surface area contributed by atoms with Crippen molar-refractivity contribution in [3.63, 3.8) is 0 Å². The van der Waals surface area contributed by atoms with Crippen molar-refractivity contribution in [3.05, 3.63) is 29.6 Å². The van der Waals surface area contributed by atoms with Gasteiger partial charge in [-0.3, -0.25) is 4.79 Å². The summed E-state index contributed by atoms with van der Waals surface area (Å²) in [5.41, 5.74) is 0.722. The maximum atomic E-state index is 13.3. The van der Waals surface area contributed by atoms with Gasteiger partial charge in [0.2, 0.25) is 0 Å². The van der Waals surface area contributed by atoms with E-state index in [-0.39, 0.29) is 24.4 Å². The fraction of sp³-hybridized carbons (Fsp3) is 0.562. The van der Waals surface area contributed by atoms with Crippen LogP contribution in [-0.4, -0.2) is 25.1 Å². The molecular formula is C16H25FN2O2. The number of halogens is 1. The van der Waals surface area contributed by atoms with Crippen LogP contribution in [0.15, 0.2) is 18.2 Å². The molecule has 5 heteroatoms. The Hall–Kier alpha value is -1.62. The second-order valence-corrected chi connectivity index (χ2v) is 5.09. The molecule has 0 saturated heterocycles. The molecule has 0 aliphatic rings. The van der Waals surface area contributed by atoms with Crippen molar-refractivity contribution in [1.29, 1.82) is 0 Å². The smallest absolute Gasteiger partial charge is 0.258 e. The molecule has 1 atom stereocenters. The van der Waals surface area contributed by atoms with E-state index in [1.807, 2.05) is 13.8 Å². The van der Waals surface area contributed by atoms with Crippen LogP contribution in [0.4, 0.5) is 4.39 Å². The molecule has 0 radical (unpaired) electrons. The zero-order valence-electron chi connectivity index (χ0n) is 13.0. The van der Waals surface area contributed by atoms with Crippen molar-refractivity contribution >= 4 is 5.91 Å². The van der Waals surface area contributed by atoms with Crippen LogP contribution in [0.2, 0.25) is 0 Å². The van der Waals surface area contributed by atoms with E-state index in [0.717, 1.165) is 24.9 Å². The minimum absolute atomic E-state index is 0.0588. The van der Waals surface area contributed by atoms with Gasteiger partial charge in [0.1, 0.15) is 11.6 Å². The number of hydrogen-bond acceptors (Lipinski definition) is 3. The van der Waals surface area contributed by atoms with Crippen LogP contribution in [0, 0.1) is 5.82 Å². The molecule has 0 aromatic heterocycles. The molecule has 0 saturated carbocycles. The fourth-order valence-electron chi connectivity index (χ4n) is 1.79. The quantitative estimate of drug-likeness (QED) is 0.689. The van der Waals surface area contributed by atoms with Gasteiger partial charge in [0, 0.05) is 18.2 Å². The van der Waals surface area contributed by atoms with Gasteiger partial charge in [-0.05, 0) is 44.5 Å². The SMILES string of the molecule is CCCNCc1cc(F)ccc1OCC(=O)NC(C)CC. The van der Waals surface area contributed by atoms with Crippen LogP contribution >= 0.6 is 0 Å². The zero-order valence-corrected chi connectivity index (χ0v) is 13.0. The average molecular weight is 296 g/mol. The van der Waals surface area contributed by atoms with Crippen molar-refractivity contribution in [2.45, 2.75) is 46.2 Å². The van der Waals surface area contributed by atoms with Crippen molar-refractivity contribution in [2.24, 2.45) is 0 Å². The first kappa shape index (κ1) is 17.4. The Balaban J connectivity index is 2.58. The van der Waals surface area contributed by atoms with Gasteiger partial charge < -0.3 is 15.4 Å². The van der Waals surface area contributed by atoms with Gasteiger partial charge in [0.25, 0.3) is 5.91 Å². The van der Waals surface area contributed by atoms with E-state index in [4.69, 9.17) is 4.74 Å². The molecule has 2 N–H and O–H groups in total. The van der Waals surface area contributed by atoms with Gasteiger partial charge in [0.05, 0.1) is 0 Å². The first-order chi connectivity index (χ1) is 10.1. The molecule has 21 heavy (non-hydrogen) atoms. The van der Waals surface area contributed by atoms with E-state index < -0.39 is 0 Å². The Labute approximate surface area is 126 Å². The lowest BCUT2D eigenvalue weighted by molar-refractivity contribution is -0.123. The molecule has 0 bridgehead atoms. The minimum atomic E-state index is -0.306. The largest absolute Gasteiger partial charge is 0.483 e. The molecular weight excluding hydrogens is 271 g/mol. The first-order valence-corrected chi connectivity index (χ1v) is 7.48. The zero-order chi connectivity index (χ0) is 15.7. The lowest BCUT2D eigenvalue weighted by atomic mass is 10.2. The van der Waals surface area contributed by atoms with Crippen molar-refractivity contribution in [1.82, 2.24) is 10.6 Å². The summed E-state index contributed by atoms with van der Waals surface area (Å²) in [4.78, 5) is 11.7. The Morgan fingerprint density at radius 3 is 2.81 bits per heavy atom. The molecule has 1 amide bonds. The molecule has 1 rings (SSSR count). The van der Waals surface area contributed by atoms with E-state index in [2.05, 4.69) is 17.6 Å². The third-order valence-electron chi connectivity index (χ3n) is 3.14. The molecule has 118 valence electrons. The number of amides is 1. The highest BCUT2D eigenvalue weighted by molar-refractivity contribution is 5.77. The number of hydrogen-bond donors (Lipinski definition) is 2. The predicted octanol–water partition coefficient (Wildman–Crippen LogP) is 2.62. The lowest BCUT2D eigenvalue weighted by Gasteiger charge is -2.14. The molecule has 0 spiro atoms. The highest BCUT2D eigenvalue weighted by Crippen LogP contribution is 2.19. The van der Waals surface area contributed by atoms with E-state index in [9.17, 15) is 9.18 Å². The van der Waals surface area contributed by atoms with Crippen molar-refractivity contribution < 1.29 is 13.9 Å². The van der Waals surface area contributed by atoms with Crippen LogP contribution in [0.25, 0.3) is 0 Å². The number of carbonyl (C=O) groups is 1. The van der Waals surface area contributed by atoms with Crippen LogP contribution in [0.5, 0.6) is 5.75 Å². The standard InChI is InChI=1S/C16H25FN2O2/c1-4-8-18-10-13-9-14(17)6-7-15(13)21-11-16(20)19-12(3)5-2/h6-7,9,12,18H,4-5,8,10-11H2,1-3H3,(H,19,20). The van der Waals surface area contributed by atoms with Crippen LogP contribution in [0.3, 0.4) is 0 Å². The summed E-state index contributed by atoms with van der Waals surface area (Å²) in [5.74, 6) is 0.0696. The number of ether oxygens (including phenoxy) is 1. The Bertz CT molecular complexity index is 452. The van der Waals surface area contributed by atoms with Gasteiger partial charge in [-0.25, -0.2) is 4.39 Å². The molecule has 0 aliphatic carbocycles. The van der Waals surface area contributed by atoms with E-state index in [1.54, 1.807) is 6.07 Å². The van der Waals surface area contributed by atoms with Gasteiger partial charge in [0.15, 0.2) is 6.61 Å². The number of rotatable bonds is 9. The van der Waals surface area contributed by atoms with Crippen LogP contribution in [0.1, 0.15) is 39.2 Å². The van der Waals surface area contributed by atoms with Gasteiger partial charge in [-0.15, -0.1) is 0 Å². The average Bonchev–Trinajstić information content (AvgIpc) is 2.46. The summed E-state index contributed by atoms with van der Waals surface area (Å²) in [6.45, 7) is 7.32. The molecule has 1 aromatic rings. The highest BCUT2D eigenvalue weighted by Gasteiger charge is 2.09.